The number of fused-ring (bicyclic) bond motifs is 1. The molecule has 4 rings (SSSR count). The molecular formula is C21H17N3O3S. The van der Waals surface area contributed by atoms with Crippen molar-refractivity contribution in [3.8, 4) is 11.3 Å². The van der Waals surface area contributed by atoms with Crippen molar-refractivity contribution in [2.75, 3.05) is 6.61 Å². The third kappa shape index (κ3) is 2.86. The number of benzene rings is 2. The number of ether oxygens (including phenoxy) is 1. The second-order valence-corrected chi connectivity index (χ2v) is 6.89. The second kappa shape index (κ2) is 7.28. The average molecular weight is 391 g/mol. The molecule has 1 N–H and O–H groups in total. The number of nitrogens with zero attached hydrogens (tertiary/aromatic N) is 2. The van der Waals surface area contributed by atoms with E-state index in [0.29, 0.717) is 10.4 Å². The van der Waals surface area contributed by atoms with Gasteiger partial charge in [0.15, 0.2) is 5.49 Å². The van der Waals surface area contributed by atoms with E-state index in [-0.39, 0.29) is 23.6 Å². The van der Waals surface area contributed by atoms with Gasteiger partial charge in [-0.15, -0.1) is 11.3 Å². The molecule has 4 aromatic rings. The van der Waals surface area contributed by atoms with Gasteiger partial charge in [-0.1, -0.05) is 48.5 Å². The smallest absolute Gasteiger partial charge is 0.345 e. The maximum absolute atomic E-state index is 13.2. The number of aromatic nitrogens is 2. The highest BCUT2D eigenvalue weighted by Crippen LogP contribution is 2.28. The highest BCUT2D eigenvalue weighted by atomic mass is 32.1. The van der Waals surface area contributed by atoms with Crippen molar-refractivity contribution in [1.82, 2.24) is 9.20 Å². The fraction of sp³-hybridized carbons (Fsp3) is 0.0952. The fourth-order valence-corrected chi connectivity index (χ4v) is 4.11. The van der Waals surface area contributed by atoms with Crippen LogP contribution in [0.2, 0.25) is 0 Å². The van der Waals surface area contributed by atoms with Gasteiger partial charge in [0.05, 0.1) is 12.3 Å². The van der Waals surface area contributed by atoms with Crippen LogP contribution in [0.15, 0.2) is 66.0 Å². The molecule has 0 fully saturated rings. The number of rotatable bonds is 4. The topological polar surface area (TPSA) is 76.6 Å². The Morgan fingerprint density at radius 3 is 2.32 bits per heavy atom. The van der Waals surface area contributed by atoms with Crippen LogP contribution in [0.25, 0.3) is 16.1 Å². The first kappa shape index (κ1) is 17.9. The van der Waals surface area contributed by atoms with Crippen LogP contribution >= 0.6 is 11.3 Å². The number of carbonyl (C=O) groups excluding carboxylic acids is 2. The molecule has 0 amide bonds. The highest BCUT2D eigenvalue weighted by molar-refractivity contribution is 7.16. The molecule has 0 bridgehead atoms. The molecule has 2 heterocycles. The first-order valence-corrected chi connectivity index (χ1v) is 9.63. The number of nitrogens with one attached hydrogen (secondary N) is 1. The summed E-state index contributed by atoms with van der Waals surface area (Å²) >= 11 is 1.31. The molecular weight excluding hydrogens is 374 g/mol. The molecule has 0 unspecified atom stereocenters. The van der Waals surface area contributed by atoms with Crippen molar-refractivity contribution in [1.29, 1.82) is 5.41 Å². The molecule has 0 aliphatic heterocycles. The van der Waals surface area contributed by atoms with Gasteiger partial charge >= 0.3 is 5.97 Å². The number of carbonyl (C=O) groups is 2. The van der Waals surface area contributed by atoms with E-state index in [0.717, 1.165) is 11.3 Å². The summed E-state index contributed by atoms with van der Waals surface area (Å²) in [6.45, 7) is 1.90. The molecule has 0 atom stereocenters. The van der Waals surface area contributed by atoms with Crippen LogP contribution in [0.4, 0.5) is 0 Å². The minimum Gasteiger partial charge on any atom is -0.462 e. The Labute approximate surface area is 164 Å². The van der Waals surface area contributed by atoms with E-state index in [2.05, 4.69) is 0 Å². The predicted octanol–water partition coefficient (Wildman–Crippen LogP) is 3.81. The van der Waals surface area contributed by atoms with Gasteiger partial charge in [-0.25, -0.2) is 9.31 Å². The summed E-state index contributed by atoms with van der Waals surface area (Å²) in [6, 6.07) is 18.3. The predicted molar refractivity (Wildman–Crippen MR) is 107 cm³/mol. The van der Waals surface area contributed by atoms with Crippen LogP contribution in [-0.2, 0) is 4.74 Å². The van der Waals surface area contributed by atoms with E-state index >= 15 is 0 Å². The summed E-state index contributed by atoms with van der Waals surface area (Å²) < 4.78 is 8.00. The second-order valence-electron chi connectivity index (χ2n) is 6.03. The van der Waals surface area contributed by atoms with Crippen molar-refractivity contribution in [3.05, 3.63) is 82.7 Å². The van der Waals surface area contributed by atoms with Gasteiger partial charge in [-0.2, -0.15) is 4.68 Å². The average Bonchev–Trinajstić information content (AvgIpc) is 3.26. The summed E-state index contributed by atoms with van der Waals surface area (Å²) in [5.74, 6) is -0.988. The normalized spacial score (nSPS) is 10.9. The lowest BCUT2D eigenvalue weighted by Crippen LogP contribution is -2.30. The fourth-order valence-electron chi connectivity index (χ4n) is 3.07. The van der Waals surface area contributed by atoms with Crippen LogP contribution in [0.5, 0.6) is 0 Å². The molecule has 2 aromatic carbocycles. The molecule has 0 saturated heterocycles. The van der Waals surface area contributed by atoms with Gasteiger partial charge in [-0.3, -0.25) is 10.2 Å². The zero-order valence-electron chi connectivity index (χ0n) is 15.1. The van der Waals surface area contributed by atoms with Gasteiger partial charge in [0.25, 0.3) is 5.91 Å². The first-order valence-electron chi connectivity index (χ1n) is 8.75. The maximum Gasteiger partial charge on any atom is 0.345 e. The van der Waals surface area contributed by atoms with Gasteiger partial charge in [0.2, 0.25) is 0 Å². The minimum absolute atomic E-state index is 0.0957. The van der Waals surface area contributed by atoms with Crippen molar-refractivity contribution in [2.24, 2.45) is 0 Å². The van der Waals surface area contributed by atoms with Crippen LogP contribution in [-0.4, -0.2) is 27.7 Å². The van der Waals surface area contributed by atoms with E-state index in [1.807, 2.05) is 41.8 Å². The lowest BCUT2D eigenvalue weighted by molar-refractivity contribution is 0.0526. The molecule has 28 heavy (non-hydrogen) atoms. The monoisotopic (exact) mass is 391 g/mol. The van der Waals surface area contributed by atoms with Gasteiger partial charge in [0, 0.05) is 16.5 Å². The molecule has 0 saturated carbocycles. The third-order valence-electron chi connectivity index (χ3n) is 4.33. The van der Waals surface area contributed by atoms with E-state index < -0.39 is 5.97 Å². The maximum atomic E-state index is 13.2. The van der Waals surface area contributed by atoms with E-state index in [1.54, 1.807) is 35.7 Å². The largest absolute Gasteiger partial charge is 0.462 e. The van der Waals surface area contributed by atoms with E-state index in [9.17, 15) is 9.59 Å². The molecule has 0 aliphatic rings. The van der Waals surface area contributed by atoms with Gasteiger partial charge in [0.1, 0.15) is 10.4 Å². The van der Waals surface area contributed by atoms with Crippen molar-refractivity contribution < 1.29 is 14.3 Å². The Balaban J connectivity index is 2.03. The Bertz CT molecular complexity index is 1220. The zero-order chi connectivity index (χ0) is 19.7. The summed E-state index contributed by atoms with van der Waals surface area (Å²) in [6.07, 6.45) is 0. The highest BCUT2D eigenvalue weighted by Gasteiger charge is 2.26. The lowest BCUT2D eigenvalue weighted by Gasteiger charge is -2.07. The number of hydrogen-bond acceptors (Lipinski definition) is 5. The molecule has 140 valence electrons. The van der Waals surface area contributed by atoms with Crippen LogP contribution < -0.4 is 5.49 Å². The van der Waals surface area contributed by atoms with Crippen molar-refractivity contribution >= 4 is 28.0 Å². The van der Waals surface area contributed by atoms with E-state index in [1.165, 1.54) is 16.0 Å². The SMILES string of the molecule is CCOC(=O)c1c(=N)n(C(=O)c2ccccc2)n2c(-c3ccccc3)csc12. The molecule has 0 aliphatic carbocycles. The first-order chi connectivity index (χ1) is 13.6. The summed E-state index contributed by atoms with van der Waals surface area (Å²) in [5.41, 5.74) is 1.96. The number of hydrogen-bond donors (Lipinski definition) is 1. The zero-order valence-corrected chi connectivity index (χ0v) is 15.9. The minimum atomic E-state index is -0.605. The third-order valence-corrected chi connectivity index (χ3v) is 5.27. The van der Waals surface area contributed by atoms with Crippen LogP contribution in [0.1, 0.15) is 27.6 Å². The Kier molecular flexibility index (Phi) is 4.67. The molecule has 2 aromatic heterocycles. The van der Waals surface area contributed by atoms with Crippen molar-refractivity contribution in [2.45, 2.75) is 6.92 Å². The standard InChI is InChI=1S/C21H17N3O3S/c1-2-27-21(26)17-18(22)24(19(25)15-11-7-4-8-12-15)23-16(13-28-20(17)23)14-9-5-3-6-10-14/h3-13,22H,2H2,1H3. The number of esters is 1. The summed E-state index contributed by atoms with van der Waals surface area (Å²) in [4.78, 5) is 26.3. The Morgan fingerprint density at radius 1 is 1.04 bits per heavy atom. The molecule has 0 radical (unpaired) electrons. The summed E-state index contributed by atoms with van der Waals surface area (Å²) in [5, 5.41) is 10.4. The van der Waals surface area contributed by atoms with E-state index in [4.69, 9.17) is 10.1 Å². The van der Waals surface area contributed by atoms with Crippen LogP contribution in [0.3, 0.4) is 0 Å². The lowest BCUT2D eigenvalue weighted by atomic mass is 10.2. The molecule has 0 spiro atoms. The van der Waals surface area contributed by atoms with Gasteiger partial charge < -0.3 is 4.74 Å². The van der Waals surface area contributed by atoms with Crippen LogP contribution in [0, 0.1) is 5.41 Å². The summed E-state index contributed by atoms with van der Waals surface area (Å²) in [7, 11) is 0. The molecule has 7 heteroatoms. The Hall–Kier alpha value is -3.45. The van der Waals surface area contributed by atoms with Crippen molar-refractivity contribution in [3.63, 3.8) is 0 Å². The quantitative estimate of drug-likeness (QED) is 0.538. The van der Waals surface area contributed by atoms with Gasteiger partial charge in [-0.05, 0) is 19.1 Å². The number of thiazole rings is 1. The molecule has 6 nitrogen and oxygen atoms in total. The Morgan fingerprint density at radius 2 is 1.68 bits per heavy atom.